The number of hydrogen-bond acceptors (Lipinski definition) is 6. The summed E-state index contributed by atoms with van der Waals surface area (Å²) >= 11 is 0. The molecular weight excluding hydrogens is 286 g/mol. The van der Waals surface area contributed by atoms with Crippen molar-refractivity contribution in [2.75, 3.05) is 13.2 Å². The van der Waals surface area contributed by atoms with E-state index in [9.17, 15) is 4.79 Å². The molecule has 1 aromatic heterocycles. The maximum atomic E-state index is 12.2. The van der Waals surface area contributed by atoms with Crippen molar-refractivity contribution in [1.82, 2.24) is 15.5 Å². The van der Waals surface area contributed by atoms with E-state index in [1.165, 1.54) is 0 Å². The van der Waals surface area contributed by atoms with Gasteiger partial charge in [-0.15, -0.1) is 0 Å². The van der Waals surface area contributed by atoms with Gasteiger partial charge in [-0.05, 0) is 20.8 Å². The van der Waals surface area contributed by atoms with Crippen LogP contribution in [0.3, 0.4) is 0 Å². The fraction of sp³-hybridized carbons (Fsp3) is 0.800. The Morgan fingerprint density at radius 2 is 1.95 bits per heavy atom. The van der Waals surface area contributed by atoms with Gasteiger partial charge in [0.2, 0.25) is 5.89 Å². The van der Waals surface area contributed by atoms with Gasteiger partial charge < -0.3 is 19.3 Å². The lowest BCUT2D eigenvalue weighted by molar-refractivity contribution is 0.0126. The number of rotatable bonds is 3. The molecule has 0 unspecified atom stereocenters. The quantitative estimate of drug-likeness (QED) is 0.923. The molecule has 22 heavy (non-hydrogen) atoms. The minimum absolute atomic E-state index is 0.139. The predicted octanol–water partition coefficient (Wildman–Crippen LogP) is 2.72. The van der Waals surface area contributed by atoms with Crippen LogP contribution in [0.15, 0.2) is 4.52 Å². The van der Waals surface area contributed by atoms with E-state index in [-0.39, 0.29) is 5.92 Å². The second kappa shape index (κ2) is 6.24. The largest absolute Gasteiger partial charge is 0.444 e. The van der Waals surface area contributed by atoms with Crippen molar-refractivity contribution in [1.29, 1.82) is 0 Å². The minimum Gasteiger partial charge on any atom is -0.444 e. The number of alkyl carbamates (subject to hydrolysis) is 1. The van der Waals surface area contributed by atoms with Gasteiger partial charge in [-0.1, -0.05) is 19.0 Å². The van der Waals surface area contributed by atoms with Crippen molar-refractivity contribution < 1.29 is 18.8 Å². The van der Waals surface area contributed by atoms with Crippen molar-refractivity contribution in [3.63, 3.8) is 0 Å². The highest BCUT2D eigenvalue weighted by Gasteiger charge is 2.41. The van der Waals surface area contributed by atoms with Gasteiger partial charge in [0.1, 0.15) is 11.1 Å². The van der Waals surface area contributed by atoms with Crippen LogP contribution in [0.25, 0.3) is 0 Å². The Morgan fingerprint density at radius 3 is 2.45 bits per heavy atom. The summed E-state index contributed by atoms with van der Waals surface area (Å²) < 4.78 is 16.1. The van der Waals surface area contributed by atoms with E-state index < -0.39 is 17.2 Å². The Morgan fingerprint density at radius 1 is 1.32 bits per heavy atom. The van der Waals surface area contributed by atoms with E-state index in [2.05, 4.69) is 15.5 Å². The number of carbonyl (C=O) groups excluding carboxylic acids is 1. The van der Waals surface area contributed by atoms with Crippen LogP contribution in [-0.4, -0.2) is 35.0 Å². The lowest BCUT2D eigenvalue weighted by atomic mass is 9.89. The molecule has 1 amide bonds. The topological polar surface area (TPSA) is 86.5 Å². The number of nitrogens with one attached hydrogen (secondary N) is 1. The lowest BCUT2D eigenvalue weighted by Gasteiger charge is -2.35. The Labute approximate surface area is 130 Å². The summed E-state index contributed by atoms with van der Waals surface area (Å²) in [5.74, 6) is 1.19. The Bertz CT molecular complexity index is 513. The summed E-state index contributed by atoms with van der Waals surface area (Å²) in [6.07, 6.45) is 0.692. The van der Waals surface area contributed by atoms with Crippen LogP contribution in [0.2, 0.25) is 0 Å². The van der Waals surface area contributed by atoms with E-state index in [4.69, 9.17) is 14.0 Å². The number of amides is 1. The zero-order chi connectivity index (χ0) is 16.4. The highest BCUT2D eigenvalue weighted by atomic mass is 16.6. The molecule has 124 valence electrons. The number of nitrogens with zero attached hydrogens (tertiary/aromatic N) is 2. The van der Waals surface area contributed by atoms with Gasteiger partial charge in [0.15, 0.2) is 5.82 Å². The number of carbonyl (C=O) groups is 1. The fourth-order valence-corrected chi connectivity index (χ4v) is 2.29. The Kier molecular flexibility index (Phi) is 4.75. The highest BCUT2D eigenvalue weighted by molar-refractivity contribution is 5.69. The molecule has 1 N–H and O–H groups in total. The first-order chi connectivity index (χ1) is 10.2. The molecule has 1 aliphatic heterocycles. The third-order valence-electron chi connectivity index (χ3n) is 3.45. The Balaban J connectivity index is 2.21. The van der Waals surface area contributed by atoms with Crippen molar-refractivity contribution in [3.8, 4) is 0 Å². The zero-order valence-electron chi connectivity index (χ0n) is 13.9. The average molecular weight is 311 g/mol. The molecule has 0 spiro atoms. The van der Waals surface area contributed by atoms with E-state index in [1.807, 2.05) is 34.6 Å². The second-order valence-electron chi connectivity index (χ2n) is 6.93. The highest BCUT2D eigenvalue weighted by Crippen LogP contribution is 2.31. The summed E-state index contributed by atoms with van der Waals surface area (Å²) in [7, 11) is 0. The van der Waals surface area contributed by atoms with Gasteiger partial charge in [-0.25, -0.2) is 4.79 Å². The van der Waals surface area contributed by atoms with Gasteiger partial charge in [0.25, 0.3) is 0 Å². The molecule has 0 radical (unpaired) electrons. The monoisotopic (exact) mass is 311 g/mol. The third kappa shape index (κ3) is 3.97. The summed E-state index contributed by atoms with van der Waals surface area (Å²) in [6.45, 7) is 10.5. The molecular formula is C15H25N3O4. The molecule has 0 atom stereocenters. The molecule has 7 heteroatoms. The first-order valence-corrected chi connectivity index (χ1v) is 7.65. The lowest BCUT2D eigenvalue weighted by Crippen LogP contribution is -2.51. The van der Waals surface area contributed by atoms with Gasteiger partial charge in [0, 0.05) is 32.0 Å². The summed E-state index contributed by atoms with van der Waals surface area (Å²) in [5.41, 5.74) is -1.26. The second-order valence-corrected chi connectivity index (χ2v) is 6.93. The molecule has 2 heterocycles. The summed E-state index contributed by atoms with van der Waals surface area (Å²) in [5, 5.41) is 7.00. The molecule has 1 aromatic rings. The van der Waals surface area contributed by atoms with Gasteiger partial charge in [-0.3, -0.25) is 0 Å². The van der Waals surface area contributed by atoms with Crippen LogP contribution in [0.4, 0.5) is 4.79 Å². The number of aromatic nitrogens is 2. The molecule has 1 saturated heterocycles. The maximum Gasteiger partial charge on any atom is 0.408 e. The van der Waals surface area contributed by atoms with Crippen LogP contribution in [-0.2, 0) is 15.0 Å². The SMILES string of the molecule is CC(C)c1nc(C2(NC(=O)OC(C)(C)C)CCOCC2)no1. The van der Waals surface area contributed by atoms with Gasteiger partial charge in [-0.2, -0.15) is 4.98 Å². The van der Waals surface area contributed by atoms with E-state index in [0.29, 0.717) is 37.8 Å². The molecule has 0 aliphatic carbocycles. The van der Waals surface area contributed by atoms with Crippen molar-refractivity contribution in [3.05, 3.63) is 11.7 Å². The van der Waals surface area contributed by atoms with Crippen LogP contribution >= 0.6 is 0 Å². The number of ether oxygens (including phenoxy) is 2. The molecule has 0 saturated carbocycles. The normalized spacial score (nSPS) is 18.3. The summed E-state index contributed by atoms with van der Waals surface area (Å²) in [4.78, 5) is 16.6. The standard InChI is InChI=1S/C15H25N3O4/c1-10(2)11-16-12(18-22-11)15(6-8-20-9-7-15)17-13(19)21-14(3,4)5/h10H,6-9H2,1-5H3,(H,17,19). The zero-order valence-corrected chi connectivity index (χ0v) is 13.9. The van der Waals surface area contributed by atoms with E-state index >= 15 is 0 Å². The van der Waals surface area contributed by atoms with Crippen LogP contribution in [0, 0.1) is 0 Å². The first-order valence-electron chi connectivity index (χ1n) is 7.65. The third-order valence-corrected chi connectivity index (χ3v) is 3.45. The molecule has 0 aromatic carbocycles. The van der Waals surface area contributed by atoms with E-state index in [1.54, 1.807) is 0 Å². The van der Waals surface area contributed by atoms with Gasteiger partial charge >= 0.3 is 6.09 Å². The van der Waals surface area contributed by atoms with Crippen LogP contribution in [0.1, 0.15) is 65.1 Å². The molecule has 0 bridgehead atoms. The van der Waals surface area contributed by atoms with E-state index in [0.717, 1.165) is 0 Å². The molecule has 2 rings (SSSR count). The molecule has 1 aliphatic rings. The Hall–Kier alpha value is -1.63. The van der Waals surface area contributed by atoms with Crippen molar-refractivity contribution in [2.24, 2.45) is 0 Å². The number of hydrogen-bond donors (Lipinski definition) is 1. The molecule has 1 fully saturated rings. The minimum atomic E-state index is -0.697. The van der Waals surface area contributed by atoms with Gasteiger partial charge in [0.05, 0.1) is 0 Å². The molecule has 7 nitrogen and oxygen atoms in total. The fourth-order valence-electron chi connectivity index (χ4n) is 2.29. The predicted molar refractivity (Wildman–Crippen MR) is 79.5 cm³/mol. The maximum absolute atomic E-state index is 12.2. The van der Waals surface area contributed by atoms with Crippen molar-refractivity contribution in [2.45, 2.75) is 64.5 Å². The average Bonchev–Trinajstić information content (AvgIpc) is 2.87. The van der Waals surface area contributed by atoms with Crippen LogP contribution in [0.5, 0.6) is 0 Å². The van der Waals surface area contributed by atoms with Crippen LogP contribution < -0.4 is 5.32 Å². The van der Waals surface area contributed by atoms with Crippen molar-refractivity contribution >= 4 is 6.09 Å². The first kappa shape index (κ1) is 16.7. The summed E-state index contributed by atoms with van der Waals surface area (Å²) in [6, 6.07) is 0. The smallest absolute Gasteiger partial charge is 0.408 e.